The number of carbonyl (C=O) groups excluding carboxylic acids is 4. The summed E-state index contributed by atoms with van der Waals surface area (Å²) >= 11 is 0. The molecule has 0 aromatic heterocycles. The highest BCUT2D eigenvalue weighted by Gasteiger charge is 2.41. The molecule has 0 fully saturated rings. The molecule has 0 atom stereocenters. The van der Waals surface area contributed by atoms with Gasteiger partial charge in [-0.2, -0.15) is 0 Å². The highest BCUT2D eigenvalue weighted by atomic mass is 16.5. The third-order valence-electron chi connectivity index (χ3n) is 23.3. The van der Waals surface area contributed by atoms with Gasteiger partial charge in [0.15, 0.2) is 26.4 Å². The van der Waals surface area contributed by atoms with Crippen molar-refractivity contribution in [2.75, 3.05) is 78.8 Å². The SMILES string of the molecule is CCCN(CC)C(=O)COc1c(C)cc(C(C)(C)C(C)(C)C)cc1Cc1cc(C(C)(C)C(C)(C)C)cc(Cc2cc(C(C)(C)C(C)(C)C)cc(Cc3cc(C(C)(C)C(C)(C)C)cc(CC)c3OCC(=O)N(CC)CCC)c2OCC(=O)N(CC)CCC)c1OCC(=O)N(CC)CCC. The number of nitrogens with zero attached hydrogens (tertiary/aromatic N) is 4. The molecule has 4 rings (SSSR count). The van der Waals surface area contributed by atoms with E-state index in [4.69, 9.17) is 18.9 Å². The molecule has 0 bridgehead atoms. The summed E-state index contributed by atoms with van der Waals surface area (Å²) in [5, 5.41) is 0. The largest absolute Gasteiger partial charge is 0.483 e. The monoisotopic (exact) mass is 1360 g/mol. The molecule has 0 aliphatic heterocycles. The van der Waals surface area contributed by atoms with Crippen molar-refractivity contribution in [3.8, 4) is 23.0 Å². The minimum absolute atomic E-state index is 0.0577. The topological polar surface area (TPSA) is 118 Å². The molecule has 0 saturated carbocycles. The minimum Gasteiger partial charge on any atom is -0.483 e. The molecule has 12 nitrogen and oxygen atoms in total. The van der Waals surface area contributed by atoms with Gasteiger partial charge in [0.25, 0.3) is 23.6 Å². The fourth-order valence-corrected chi connectivity index (χ4v) is 12.5. The van der Waals surface area contributed by atoms with Crippen molar-refractivity contribution in [3.05, 3.63) is 115 Å². The van der Waals surface area contributed by atoms with Crippen LogP contribution in [0.4, 0.5) is 0 Å². The Kier molecular flexibility index (Phi) is 29.7. The van der Waals surface area contributed by atoms with E-state index in [9.17, 15) is 19.2 Å². The van der Waals surface area contributed by atoms with Gasteiger partial charge in [0.1, 0.15) is 23.0 Å². The third-order valence-corrected chi connectivity index (χ3v) is 23.3. The van der Waals surface area contributed by atoms with E-state index >= 15 is 0 Å². The smallest absolute Gasteiger partial charge is 0.260 e. The summed E-state index contributed by atoms with van der Waals surface area (Å²) in [6.07, 6.45) is 4.97. The molecule has 0 spiro atoms. The molecule has 0 N–H and O–H groups in total. The quantitative estimate of drug-likeness (QED) is 0.0447. The lowest BCUT2D eigenvalue weighted by molar-refractivity contribution is -0.134. The van der Waals surface area contributed by atoms with Gasteiger partial charge in [-0.05, 0) is 177 Å². The molecule has 0 radical (unpaired) electrons. The van der Waals surface area contributed by atoms with E-state index in [0.29, 0.717) is 101 Å². The van der Waals surface area contributed by atoms with Gasteiger partial charge in [-0.25, -0.2) is 0 Å². The van der Waals surface area contributed by atoms with Crippen LogP contribution < -0.4 is 18.9 Å². The second-order valence-electron chi connectivity index (χ2n) is 34.1. The van der Waals surface area contributed by atoms with Crippen LogP contribution in [0, 0.1) is 28.6 Å². The lowest BCUT2D eigenvalue weighted by Gasteiger charge is -2.41. The van der Waals surface area contributed by atoms with Crippen LogP contribution in [0.3, 0.4) is 0 Å². The standard InChI is InChI=1S/C86H138N4O8/c1-31-40-87(36-6)71(91)55-95-75-59(10)44-67(83(23,24)79(11,12)13)49-61(75)45-63-51-69(85(27,28)81(17,18)19)53-65(77(63)97-57-73(93)89(38-8)42-33-3)47-66-54-70(86(29,30)82(20,21)22)52-64(78(66)98-58-74(94)90(39-9)43-34-4)46-62-50-68(84(25,26)80(14,15)16)48-60(35-5)76(62)96-56-72(92)88(37-7)41-32-2/h44,48-54H,31-43,45-47,55-58H2,1-30H3. The molecule has 12 heteroatoms. The Morgan fingerprint density at radius 2 is 0.490 bits per heavy atom. The highest BCUT2D eigenvalue weighted by Crippen LogP contribution is 2.50. The average Bonchev–Trinajstić information content (AvgIpc) is 0.784. The molecular weight excluding hydrogens is 1220 g/mol. The van der Waals surface area contributed by atoms with Crippen molar-refractivity contribution in [2.45, 2.75) is 281 Å². The number of hydrogen-bond donors (Lipinski definition) is 0. The number of aryl methyl sites for hydroxylation is 2. The van der Waals surface area contributed by atoms with Gasteiger partial charge in [0.05, 0.1) is 0 Å². The van der Waals surface area contributed by atoms with E-state index in [0.717, 1.165) is 86.9 Å². The van der Waals surface area contributed by atoms with Crippen molar-refractivity contribution in [2.24, 2.45) is 21.7 Å². The molecule has 4 amide bonds. The van der Waals surface area contributed by atoms with Crippen LogP contribution in [0.1, 0.15) is 293 Å². The van der Waals surface area contributed by atoms with Crippen LogP contribution in [0.2, 0.25) is 0 Å². The zero-order valence-electron chi connectivity index (χ0n) is 67.8. The number of ether oxygens (including phenoxy) is 4. The van der Waals surface area contributed by atoms with Gasteiger partial charge in [-0.3, -0.25) is 19.2 Å². The fourth-order valence-electron chi connectivity index (χ4n) is 12.5. The van der Waals surface area contributed by atoms with E-state index in [-0.39, 0.29) is 82.5 Å². The Hall–Kier alpha value is -6.04. The van der Waals surface area contributed by atoms with Gasteiger partial charge in [0.2, 0.25) is 0 Å². The van der Waals surface area contributed by atoms with Crippen molar-refractivity contribution >= 4 is 23.6 Å². The van der Waals surface area contributed by atoms with Crippen LogP contribution in [0.25, 0.3) is 0 Å². The van der Waals surface area contributed by atoms with Gasteiger partial charge in [-0.15, -0.1) is 0 Å². The number of benzene rings is 4. The van der Waals surface area contributed by atoms with Crippen LogP contribution in [-0.2, 0) is 66.5 Å². The van der Waals surface area contributed by atoms with Crippen LogP contribution >= 0.6 is 0 Å². The van der Waals surface area contributed by atoms with Crippen molar-refractivity contribution in [1.29, 1.82) is 0 Å². The summed E-state index contributed by atoms with van der Waals surface area (Å²) in [4.78, 5) is 65.1. The average molecular weight is 1360 g/mol. The zero-order valence-corrected chi connectivity index (χ0v) is 67.8. The van der Waals surface area contributed by atoms with Crippen LogP contribution in [0.15, 0.2) is 48.5 Å². The Morgan fingerprint density at radius 1 is 0.296 bits per heavy atom. The Bertz CT molecular complexity index is 3320. The molecule has 550 valence electrons. The first-order valence-electron chi connectivity index (χ1n) is 37.6. The second kappa shape index (κ2) is 34.6. The third kappa shape index (κ3) is 20.2. The summed E-state index contributed by atoms with van der Waals surface area (Å²) < 4.78 is 28.4. The van der Waals surface area contributed by atoms with E-state index in [1.54, 1.807) is 0 Å². The molecule has 98 heavy (non-hydrogen) atoms. The maximum absolute atomic E-state index is 14.7. The van der Waals surface area contributed by atoms with Gasteiger partial charge >= 0.3 is 0 Å². The Balaban J connectivity index is 2.41. The predicted molar refractivity (Wildman–Crippen MR) is 410 cm³/mol. The Morgan fingerprint density at radius 3 is 0.694 bits per heavy atom. The highest BCUT2D eigenvalue weighted by molar-refractivity contribution is 5.80. The second-order valence-corrected chi connectivity index (χ2v) is 34.1. The molecule has 0 aliphatic carbocycles. The molecule has 0 saturated heterocycles. The summed E-state index contributed by atoms with van der Waals surface area (Å²) in [5.74, 6) is 2.22. The van der Waals surface area contributed by atoms with Crippen LogP contribution in [-0.4, -0.2) is 122 Å². The Labute approximate surface area is 597 Å². The van der Waals surface area contributed by atoms with E-state index < -0.39 is 10.8 Å². The first-order chi connectivity index (χ1) is 45.3. The van der Waals surface area contributed by atoms with Crippen molar-refractivity contribution in [1.82, 2.24) is 19.6 Å². The number of hydrogen-bond acceptors (Lipinski definition) is 8. The molecule has 0 aliphatic rings. The van der Waals surface area contributed by atoms with Gasteiger partial charge in [-0.1, -0.05) is 222 Å². The maximum Gasteiger partial charge on any atom is 0.260 e. The summed E-state index contributed by atoms with van der Waals surface area (Å²) in [6.45, 7) is 70.7. The van der Waals surface area contributed by atoms with E-state index in [1.807, 2.05) is 47.3 Å². The number of likely N-dealkylation sites (N-methyl/N-ethyl adjacent to an activating group) is 4. The fraction of sp³-hybridized carbons (Fsp3) is 0.674. The van der Waals surface area contributed by atoms with Gasteiger partial charge in [0, 0.05) is 71.6 Å². The van der Waals surface area contributed by atoms with E-state index in [1.165, 1.54) is 5.56 Å². The number of amides is 4. The summed E-state index contributed by atoms with van der Waals surface area (Å²) in [5.41, 5.74) is 9.65. The molecular formula is C86H138N4O8. The minimum atomic E-state index is -0.424. The predicted octanol–water partition coefficient (Wildman–Crippen LogP) is 19.2. The first-order valence-corrected chi connectivity index (χ1v) is 37.6. The zero-order chi connectivity index (χ0) is 74.5. The lowest BCUT2D eigenvalue weighted by atomic mass is 9.64. The normalized spacial score (nSPS) is 12.8. The first kappa shape index (κ1) is 84.4. The number of carbonyl (C=O) groups is 4. The molecule has 4 aromatic rings. The maximum atomic E-state index is 14.7. The summed E-state index contributed by atoms with van der Waals surface area (Å²) in [6, 6.07) is 18.3. The lowest BCUT2D eigenvalue weighted by Crippen LogP contribution is -2.36. The van der Waals surface area contributed by atoms with Crippen molar-refractivity contribution in [3.63, 3.8) is 0 Å². The summed E-state index contributed by atoms with van der Waals surface area (Å²) in [7, 11) is 0. The molecule has 4 aromatic carbocycles. The van der Waals surface area contributed by atoms with E-state index in [2.05, 4.69) is 229 Å². The molecule has 0 unspecified atom stereocenters. The van der Waals surface area contributed by atoms with Crippen LogP contribution in [0.5, 0.6) is 23.0 Å². The van der Waals surface area contributed by atoms with Crippen molar-refractivity contribution < 1.29 is 38.1 Å². The van der Waals surface area contributed by atoms with Gasteiger partial charge < -0.3 is 38.5 Å². The number of rotatable bonds is 35. The molecule has 0 heterocycles.